The van der Waals surface area contributed by atoms with Crippen LogP contribution < -0.4 is 16.0 Å². The number of ether oxygens (including phenoxy) is 1. The summed E-state index contributed by atoms with van der Waals surface area (Å²) in [6.07, 6.45) is 5.72. The van der Waals surface area contributed by atoms with E-state index < -0.39 is 0 Å². The third-order valence-electron chi connectivity index (χ3n) is 4.62. The van der Waals surface area contributed by atoms with Crippen LogP contribution in [0.5, 0.6) is 0 Å². The SMILES string of the molecule is CC(C)CCCC(C)NC(N)=NCc1ccc(N2CCOC(C)C2)nc1. The average Bonchev–Trinajstić information content (AvgIpc) is 2.60. The number of rotatable bonds is 8. The van der Waals surface area contributed by atoms with Gasteiger partial charge in [-0.3, -0.25) is 0 Å². The summed E-state index contributed by atoms with van der Waals surface area (Å²) < 4.78 is 5.58. The van der Waals surface area contributed by atoms with Crippen LogP contribution in [-0.4, -0.2) is 42.8 Å². The Kier molecular flexibility index (Phi) is 8.16. The maximum atomic E-state index is 6.01. The Bertz CT molecular complexity index is 558. The third kappa shape index (κ3) is 7.20. The van der Waals surface area contributed by atoms with E-state index in [1.54, 1.807) is 0 Å². The molecule has 2 rings (SSSR count). The van der Waals surface area contributed by atoms with Crippen LogP contribution in [0.15, 0.2) is 23.3 Å². The number of hydrogen-bond acceptors (Lipinski definition) is 4. The first-order chi connectivity index (χ1) is 12.4. The molecule has 0 aromatic carbocycles. The molecule has 6 heteroatoms. The number of aliphatic imine (C=N–C) groups is 1. The van der Waals surface area contributed by atoms with Crippen molar-refractivity contribution in [1.82, 2.24) is 10.3 Å². The van der Waals surface area contributed by atoms with E-state index in [2.05, 4.69) is 60.0 Å². The summed E-state index contributed by atoms with van der Waals surface area (Å²) in [5.41, 5.74) is 7.07. The predicted molar refractivity (Wildman–Crippen MR) is 108 cm³/mol. The van der Waals surface area contributed by atoms with Crippen LogP contribution in [0.25, 0.3) is 0 Å². The lowest BCUT2D eigenvalue weighted by atomic mass is 10.0. The monoisotopic (exact) mass is 361 g/mol. The molecule has 1 aromatic heterocycles. The molecule has 0 radical (unpaired) electrons. The lowest BCUT2D eigenvalue weighted by Gasteiger charge is -2.32. The fourth-order valence-corrected chi connectivity index (χ4v) is 3.10. The average molecular weight is 362 g/mol. The van der Waals surface area contributed by atoms with Crippen LogP contribution in [0.4, 0.5) is 5.82 Å². The zero-order valence-corrected chi connectivity index (χ0v) is 16.7. The van der Waals surface area contributed by atoms with Crippen LogP contribution in [0.1, 0.15) is 52.5 Å². The van der Waals surface area contributed by atoms with Gasteiger partial charge in [0.15, 0.2) is 5.96 Å². The van der Waals surface area contributed by atoms with E-state index in [1.807, 2.05) is 6.20 Å². The molecule has 0 amide bonds. The molecule has 1 aliphatic heterocycles. The van der Waals surface area contributed by atoms with Gasteiger partial charge in [-0.25, -0.2) is 9.98 Å². The number of guanidine groups is 1. The third-order valence-corrected chi connectivity index (χ3v) is 4.62. The van der Waals surface area contributed by atoms with E-state index in [1.165, 1.54) is 12.8 Å². The van der Waals surface area contributed by atoms with E-state index in [9.17, 15) is 0 Å². The number of aromatic nitrogens is 1. The van der Waals surface area contributed by atoms with Crippen LogP contribution in [0, 0.1) is 5.92 Å². The van der Waals surface area contributed by atoms with Crippen molar-refractivity contribution < 1.29 is 4.74 Å². The van der Waals surface area contributed by atoms with Gasteiger partial charge in [-0.2, -0.15) is 0 Å². The van der Waals surface area contributed by atoms with E-state index in [0.717, 1.165) is 43.4 Å². The van der Waals surface area contributed by atoms with E-state index in [4.69, 9.17) is 10.5 Å². The highest BCUT2D eigenvalue weighted by Gasteiger charge is 2.17. The van der Waals surface area contributed by atoms with Gasteiger partial charge in [-0.1, -0.05) is 32.8 Å². The molecular formula is C20H35N5O. The first kappa shape index (κ1) is 20.5. The fraction of sp³-hybridized carbons (Fsp3) is 0.700. The molecule has 0 aliphatic carbocycles. The summed E-state index contributed by atoms with van der Waals surface area (Å²) in [5, 5.41) is 3.28. The first-order valence-electron chi connectivity index (χ1n) is 9.82. The lowest BCUT2D eigenvalue weighted by Crippen LogP contribution is -2.41. The highest BCUT2D eigenvalue weighted by molar-refractivity contribution is 5.78. The molecule has 0 saturated carbocycles. The molecule has 2 heterocycles. The Labute approximate surface area is 158 Å². The maximum absolute atomic E-state index is 6.01. The molecule has 1 aliphatic rings. The molecule has 0 bridgehead atoms. The summed E-state index contributed by atoms with van der Waals surface area (Å²) in [5.74, 6) is 2.26. The molecule has 0 spiro atoms. The number of nitrogens with one attached hydrogen (secondary N) is 1. The molecule has 3 N–H and O–H groups in total. The van der Waals surface area contributed by atoms with Gasteiger partial charge in [0.25, 0.3) is 0 Å². The van der Waals surface area contributed by atoms with Gasteiger partial charge in [-0.05, 0) is 37.8 Å². The second kappa shape index (κ2) is 10.4. The smallest absolute Gasteiger partial charge is 0.189 e. The topological polar surface area (TPSA) is 75.8 Å². The van der Waals surface area contributed by atoms with Gasteiger partial charge in [-0.15, -0.1) is 0 Å². The van der Waals surface area contributed by atoms with Crippen LogP contribution in [0.3, 0.4) is 0 Å². The maximum Gasteiger partial charge on any atom is 0.189 e. The second-order valence-corrected chi connectivity index (χ2v) is 7.72. The van der Waals surface area contributed by atoms with Gasteiger partial charge >= 0.3 is 0 Å². The Morgan fingerprint density at radius 1 is 1.38 bits per heavy atom. The van der Waals surface area contributed by atoms with Crippen molar-refractivity contribution in [3.63, 3.8) is 0 Å². The predicted octanol–water partition coefficient (Wildman–Crippen LogP) is 2.93. The summed E-state index contributed by atoms with van der Waals surface area (Å²) in [6, 6.07) is 4.48. The van der Waals surface area contributed by atoms with Gasteiger partial charge < -0.3 is 20.7 Å². The molecule has 2 atom stereocenters. The quantitative estimate of drug-likeness (QED) is 0.550. The minimum absolute atomic E-state index is 0.253. The van der Waals surface area contributed by atoms with E-state index >= 15 is 0 Å². The summed E-state index contributed by atoms with van der Waals surface area (Å²) in [6.45, 7) is 11.8. The van der Waals surface area contributed by atoms with E-state index in [-0.39, 0.29) is 6.10 Å². The molecule has 6 nitrogen and oxygen atoms in total. The number of pyridine rings is 1. The molecular weight excluding hydrogens is 326 g/mol. The van der Waals surface area contributed by atoms with Crippen molar-refractivity contribution in [2.24, 2.45) is 16.6 Å². The highest BCUT2D eigenvalue weighted by Crippen LogP contribution is 2.15. The number of morpholine rings is 1. The zero-order chi connectivity index (χ0) is 18.9. The number of hydrogen-bond donors (Lipinski definition) is 2. The van der Waals surface area contributed by atoms with Gasteiger partial charge in [0.1, 0.15) is 5.82 Å². The van der Waals surface area contributed by atoms with Crippen LogP contribution >= 0.6 is 0 Å². The fourth-order valence-electron chi connectivity index (χ4n) is 3.10. The van der Waals surface area contributed by atoms with Gasteiger partial charge in [0.05, 0.1) is 19.3 Å². The van der Waals surface area contributed by atoms with Gasteiger partial charge in [0, 0.05) is 25.3 Å². The van der Waals surface area contributed by atoms with Crippen molar-refractivity contribution in [2.45, 2.75) is 65.6 Å². The summed E-state index contributed by atoms with van der Waals surface area (Å²) >= 11 is 0. The number of anilines is 1. The number of nitrogens with two attached hydrogens (primary N) is 1. The molecule has 1 fully saturated rings. The van der Waals surface area contributed by atoms with E-state index in [0.29, 0.717) is 18.5 Å². The summed E-state index contributed by atoms with van der Waals surface area (Å²) in [4.78, 5) is 11.3. The van der Waals surface area contributed by atoms with Crippen LogP contribution in [0.2, 0.25) is 0 Å². The van der Waals surface area contributed by atoms with Crippen molar-refractivity contribution >= 4 is 11.8 Å². The Hall–Kier alpha value is -1.82. The van der Waals surface area contributed by atoms with Crippen LogP contribution in [-0.2, 0) is 11.3 Å². The normalized spacial score (nSPS) is 19.7. The summed E-state index contributed by atoms with van der Waals surface area (Å²) in [7, 11) is 0. The van der Waals surface area contributed by atoms with Crippen molar-refractivity contribution in [2.75, 3.05) is 24.6 Å². The number of nitrogens with zero attached hydrogens (tertiary/aromatic N) is 3. The largest absolute Gasteiger partial charge is 0.375 e. The minimum Gasteiger partial charge on any atom is -0.375 e. The standard InChI is InChI=1S/C20H35N5O/c1-15(2)6-5-7-16(3)24-20(21)23-13-18-8-9-19(22-12-18)25-10-11-26-17(4)14-25/h8-9,12,15-17H,5-7,10-11,13-14H2,1-4H3,(H3,21,23,24). The Balaban J connectivity index is 1.78. The van der Waals surface area contributed by atoms with Crippen molar-refractivity contribution in [1.29, 1.82) is 0 Å². The first-order valence-corrected chi connectivity index (χ1v) is 9.82. The molecule has 26 heavy (non-hydrogen) atoms. The molecule has 146 valence electrons. The molecule has 2 unspecified atom stereocenters. The Morgan fingerprint density at radius 3 is 2.85 bits per heavy atom. The van der Waals surface area contributed by atoms with Gasteiger partial charge in [0.2, 0.25) is 0 Å². The Morgan fingerprint density at radius 2 is 2.19 bits per heavy atom. The lowest BCUT2D eigenvalue weighted by molar-refractivity contribution is 0.0529. The van der Waals surface area contributed by atoms with Crippen molar-refractivity contribution in [3.05, 3.63) is 23.9 Å². The zero-order valence-electron chi connectivity index (χ0n) is 16.7. The molecule has 1 saturated heterocycles. The molecule has 1 aromatic rings. The second-order valence-electron chi connectivity index (χ2n) is 7.72. The van der Waals surface area contributed by atoms with Crippen molar-refractivity contribution in [3.8, 4) is 0 Å². The highest BCUT2D eigenvalue weighted by atomic mass is 16.5. The minimum atomic E-state index is 0.253.